The van der Waals surface area contributed by atoms with Gasteiger partial charge in [-0.2, -0.15) is 0 Å². The summed E-state index contributed by atoms with van der Waals surface area (Å²) in [6.45, 7) is 8.17. The van der Waals surface area contributed by atoms with E-state index in [0.717, 1.165) is 50.3 Å². The summed E-state index contributed by atoms with van der Waals surface area (Å²) in [4.78, 5) is 15.1. The van der Waals surface area contributed by atoms with Gasteiger partial charge in [0.25, 0.3) is 5.91 Å². The molecule has 1 aromatic heterocycles. The Morgan fingerprint density at radius 1 is 1.38 bits per heavy atom. The van der Waals surface area contributed by atoms with E-state index in [4.69, 9.17) is 11.6 Å². The highest BCUT2D eigenvalue weighted by Crippen LogP contribution is 2.19. The third-order valence-electron chi connectivity index (χ3n) is 4.89. The molecular formula is C19H26ClN5O. The summed E-state index contributed by atoms with van der Waals surface area (Å²) in [6, 6.07) is 7.43. The Balaban J connectivity index is 1.74. The average molecular weight is 376 g/mol. The fourth-order valence-corrected chi connectivity index (χ4v) is 3.63. The molecule has 0 aliphatic carbocycles. The first-order valence-corrected chi connectivity index (χ1v) is 9.71. The van der Waals surface area contributed by atoms with Gasteiger partial charge in [0.2, 0.25) is 0 Å². The third kappa shape index (κ3) is 4.24. The number of hydrogen-bond donors (Lipinski definition) is 1. The molecule has 0 bridgehead atoms. The average Bonchev–Trinajstić information content (AvgIpc) is 3.27. The van der Waals surface area contributed by atoms with Crippen molar-refractivity contribution in [3.63, 3.8) is 0 Å². The van der Waals surface area contributed by atoms with Crippen LogP contribution in [0.1, 0.15) is 42.9 Å². The number of rotatable bonds is 7. The summed E-state index contributed by atoms with van der Waals surface area (Å²) in [5.41, 5.74) is 2.06. The summed E-state index contributed by atoms with van der Waals surface area (Å²) in [5.74, 6) is 0.369. The van der Waals surface area contributed by atoms with Crippen molar-refractivity contribution in [3.05, 3.63) is 40.7 Å². The van der Waals surface area contributed by atoms with Gasteiger partial charge >= 0.3 is 0 Å². The minimum absolute atomic E-state index is 0.142. The molecule has 2 aromatic rings. The summed E-state index contributed by atoms with van der Waals surface area (Å²) < 4.78 is 1.72. The molecule has 3 rings (SSSR count). The fourth-order valence-electron chi connectivity index (χ4n) is 3.44. The van der Waals surface area contributed by atoms with Gasteiger partial charge in [-0.15, -0.1) is 5.10 Å². The van der Waals surface area contributed by atoms with Crippen molar-refractivity contribution in [2.24, 2.45) is 5.92 Å². The summed E-state index contributed by atoms with van der Waals surface area (Å²) in [6.07, 6.45) is 2.77. The van der Waals surface area contributed by atoms with E-state index in [0.29, 0.717) is 23.2 Å². The Labute approximate surface area is 159 Å². The third-order valence-corrected chi connectivity index (χ3v) is 5.12. The van der Waals surface area contributed by atoms with E-state index in [2.05, 4.69) is 34.4 Å². The van der Waals surface area contributed by atoms with Crippen LogP contribution >= 0.6 is 11.6 Å². The van der Waals surface area contributed by atoms with Gasteiger partial charge in [-0.1, -0.05) is 43.1 Å². The van der Waals surface area contributed by atoms with Crippen LogP contribution < -0.4 is 5.32 Å². The Hall–Kier alpha value is -1.92. The van der Waals surface area contributed by atoms with Crippen molar-refractivity contribution in [3.8, 4) is 5.69 Å². The molecule has 1 N–H and O–H groups in total. The largest absolute Gasteiger partial charge is 0.350 e. The topological polar surface area (TPSA) is 63.1 Å². The van der Waals surface area contributed by atoms with Crippen molar-refractivity contribution < 1.29 is 4.79 Å². The van der Waals surface area contributed by atoms with Gasteiger partial charge in [-0.05, 0) is 50.0 Å². The zero-order valence-corrected chi connectivity index (χ0v) is 16.2. The monoisotopic (exact) mass is 375 g/mol. The van der Waals surface area contributed by atoms with E-state index in [9.17, 15) is 4.79 Å². The van der Waals surface area contributed by atoms with E-state index in [1.165, 1.54) is 0 Å². The molecule has 26 heavy (non-hydrogen) atoms. The molecule has 1 aromatic carbocycles. The Kier molecular flexibility index (Phi) is 6.27. The fraction of sp³-hybridized carbons (Fsp3) is 0.526. The van der Waals surface area contributed by atoms with Crippen LogP contribution in [-0.4, -0.2) is 52.0 Å². The lowest BCUT2D eigenvalue weighted by Crippen LogP contribution is -2.31. The molecular weight excluding hydrogens is 350 g/mol. The highest BCUT2D eigenvalue weighted by molar-refractivity contribution is 6.30. The molecule has 1 saturated heterocycles. The number of amides is 1. The number of aromatic nitrogens is 3. The zero-order valence-electron chi connectivity index (χ0n) is 15.4. The lowest BCUT2D eigenvalue weighted by Gasteiger charge is -2.13. The van der Waals surface area contributed by atoms with Crippen molar-refractivity contribution in [2.75, 3.05) is 26.2 Å². The van der Waals surface area contributed by atoms with E-state index in [1.807, 2.05) is 24.3 Å². The second-order valence-corrected chi connectivity index (χ2v) is 7.22. The maximum Gasteiger partial charge on any atom is 0.273 e. The maximum atomic E-state index is 12.7. The molecule has 1 aliphatic rings. The molecule has 1 amide bonds. The predicted octanol–water partition coefficient (Wildman–Crippen LogP) is 2.94. The lowest BCUT2D eigenvalue weighted by atomic mass is 10.1. The van der Waals surface area contributed by atoms with Crippen LogP contribution in [0.15, 0.2) is 24.3 Å². The predicted molar refractivity (Wildman–Crippen MR) is 103 cm³/mol. The van der Waals surface area contributed by atoms with Crippen LogP contribution in [0.4, 0.5) is 0 Å². The number of hydrogen-bond acceptors (Lipinski definition) is 4. The minimum atomic E-state index is -0.142. The Morgan fingerprint density at radius 3 is 2.92 bits per heavy atom. The van der Waals surface area contributed by atoms with Crippen molar-refractivity contribution in [2.45, 2.75) is 33.1 Å². The summed E-state index contributed by atoms with van der Waals surface area (Å²) in [7, 11) is 0. The molecule has 0 saturated carbocycles. The molecule has 0 spiro atoms. The van der Waals surface area contributed by atoms with E-state index in [1.54, 1.807) is 4.68 Å². The lowest BCUT2D eigenvalue weighted by molar-refractivity contribution is 0.0941. The highest BCUT2D eigenvalue weighted by Gasteiger charge is 2.24. The first kappa shape index (κ1) is 18.9. The van der Waals surface area contributed by atoms with E-state index >= 15 is 0 Å². The molecule has 0 radical (unpaired) electrons. The number of carbonyl (C=O) groups is 1. The number of likely N-dealkylation sites (tertiary alicyclic amines) is 1. The molecule has 1 unspecified atom stereocenters. The number of benzene rings is 1. The van der Waals surface area contributed by atoms with Crippen molar-refractivity contribution >= 4 is 17.5 Å². The summed E-state index contributed by atoms with van der Waals surface area (Å²) in [5, 5.41) is 12.1. The van der Waals surface area contributed by atoms with E-state index < -0.39 is 0 Å². The van der Waals surface area contributed by atoms with Crippen LogP contribution in [0, 0.1) is 5.92 Å². The number of halogens is 1. The number of carbonyl (C=O) groups excluding carboxylic acids is 1. The van der Waals surface area contributed by atoms with E-state index in [-0.39, 0.29) is 5.91 Å². The van der Waals surface area contributed by atoms with Crippen molar-refractivity contribution in [1.82, 2.24) is 25.2 Å². The first-order valence-electron chi connectivity index (χ1n) is 9.33. The van der Waals surface area contributed by atoms with Gasteiger partial charge in [0, 0.05) is 18.1 Å². The number of nitrogens with zero attached hydrogens (tertiary/aromatic N) is 4. The second kappa shape index (κ2) is 8.64. The van der Waals surface area contributed by atoms with Gasteiger partial charge < -0.3 is 10.2 Å². The normalized spacial score (nSPS) is 17.6. The second-order valence-electron chi connectivity index (χ2n) is 6.78. The van der Waals surface area contributed by atoms with Crippen molar-refractivity contribution in [1.29, 1.82) is 0 Å². The van der Waals surface area contributed by atoms with Crippen LogP contribution in [0.5, 0.6) is 0 Å². The maximum absolute atomic E-state index is 12.7. The molecule has 7 heteroatoms. The SMILES string of the molecule is CCCc1c(C(=O)NCC2CCN(CC)C2)nnn1-c1cccc(Cl)c1. The number of nitrogens with one attached hydrogen (secondary N) is 1. The smallest absolute Gasteiger partial charge is 0.273 e. The van der Waals surface area contributed by atoms with Gasteiger partial charge in [0.05, 0.1) is 11.4 Å². The molecule has 1 atom stereocenters. The van der Waals surface area contributed by atoms with Crippen LogP contribution in [-0.2, 0) is 6.42 Å². The van der Waals surface area contributed by atoms with Gasteiger partial charge in [0.15, 0.2) is 5.69 Å². The summed E-state index contributed by atoms with van der Waals surface area (Å²) >= 11 is 6.09. The van der Waals surface area contributed by atoms with Gasteiger partial charge in [-0.3, -0.25) is 4.79 Å². The van der Waals surface area contributed by atoms with Gasteiger partial charge in [-0.25, -0.2) is 4.68 Å². The minimum Gasteiger partial charge on any atom is -0.350 e. The van der Waals surface area contributed by atoms with Crippen LogP contribution in [0.3, 0.4) is 0 Å². The molecule has 1 aliphatic heterocycles. The Morgan fingerprint density at radius 2 is 2.23 bits per heavy atom. The zero-order chi connectivity index (χ0) is 18.5. The highest BCUT2D eigenvalue weighted by atomic mass is 35.5. The molecule has 2 heterocycles. The molecule has 1 fully saturated rings. The van der Waals surface area contributed by atoms with Crippen LogP contribution in [0.2, 0.25) is 5.02 Å². The standard InChI is InChI=1S/C19H26ClN5O/c1-3-6-17-18(19(26)21-12-14-9-10-24(4-2)13-14)22-23-25(17)16-8-5-7-15(20)11-16/h5,7-8,11,14H,3-4,6,9-10,12-13H2,1-2H3,(H,21,26). The van der Waals surface area contributed by atoms with Crippen LogP contribution in [0.25, 0.3) is 5.69 Å². The van der Waals surface area contributed by atoms with Gasteiger partial charge in [0.1, 0.15) is 0 Å². The molecule has 6 nitrogen and oxygen atoms in total. The first-order chi connectivity index (χ1) is 12.6. The quantitative estimate of drug-likeness (QED) is 0.808. The molecule has 140 valence electrons. The Bertz CT molecular complexity index is 760.